The Morgan fingerprint density at radius 2 is 2.16 bits per heavy atom. The van der Waals surface area contributed by atoms with E-state index in [1.54, 1.807) is 29.5 Å². The van der Waals surface area contributed by atoms with Crippen LogP contribution in [0.1, 0.15) is 30.8 Å². The van der Waals surface area contributed by atoms with Gasteiger partial charge in [-0.3, -0.25) is 14.9 Å². The summed E-state index contributed by atoms with van der Waals surface area (Å²) >= 11 is 1.29. The minimum Gasteiger partial charge on any atom is -0.340 e. The van der Waals surface area contributed by atoms with Crippen LogP contribution in [0, 0.1) is 16.0 Å². The van der Waals surface area contributed by atoms with Gasteiger partial charge in [-0.25, -0.2) is 4.98 Å². The first-order valence-corrected chi connectivity index (χ1v) is 8.89. The van der Waals surface area contributed by atoms with Crippen molar-refractivity contribution < 1.29 is 9.72 Å². The third kappa shape index (κ3) is 4.83. The molecule has 25 heavy (non-hydrogen) atoms. The van der Waals surface area contributed by atoms with Crippen molar-refractivity contribution in [3.05, 3.63) is 45.5 Å². The Hall–Kier alpha value is -2.32. The molecule has 7 nitrogen and oxygen atoms in total. The first-order valence-electron chi connectivity index (χ1n) is 8.01. The van der Waals surface area contributed by atoms with E-state index in [9.17, 15) is 14.9 Å². The number of non-ortho nitro benzene ring substituents is 1. The third-order valence-electron chi connectivity index (χ3n) is 4.03. The Kier molecular flexibility index (Phi) is 6.22. The number of aromatic nitrogens is 1. The van der Waals surface area contributed by atoms with E-state index >= 15 is 0 Å². The molecule has 0 aliphatic carbocycles. The van der Waals surface area contributed by atoms with Crippen molar-refractivity contribution >= 4 is 22.9 Å². The number of thiazole rings is 1. The normalized spacial score (nSPS) is 12.2. The van der Waals surface area contributed by atoms with Crippen LogP contribution in [-0.2, 0) is 0 Å². The quantitative estimate of drug-likeness (QED) is 0.602. The van der Waals surface area contributed by atoms with Gasteiger partial charge >= 0.3 is 0 Å². The highest BCUT2D eigenvalue weighted by Gasteiger charge is 2.18. The van der Waals surface area contributed by atoms with Crippen LogP contribution in [0.2, 0.25) is 0 Å². The van der Waals surface area contributed by atoms with Gasteiger partial charge in [0.05, 0.1) is 4.92 Å². The topological polar surface area (TPSA) is 102 Å². The summed E-state index contributed by atoms with van der Waals surface area (Å²) in [5.74, 6) is 0.187. The summed E-state index contributed by atoms with van der Waals surface area (Å²) in [5, 5.41) is 13.1. The molecule has 134 valence electrons. The van der Waals surface area contributed by atoms with Gasteiger partial charge in [0.25, 0.3) is 11.6 Å². The summed E-state index contributed by atoms with van der Waals surface area (Å²) in [6.07, 6.45) is 0.724. The number of amides is 1. The average molecular weight is 362 g/mol. The van der Waals surface area contributed by atoms with Crippen LogP contribution in [0.25, 0.3) is 10.6 Å². The molecule has 0 bridgehead atoms. The Morgan fingerprint density at radius 1 is 1.44 bits per heavy atom. The van der Waals surface area contributed by atoms with E-state index in [4.69, 9.17) is 5.73 Å². The van der Waals surface area contributed by atoms with Gasteiger partial charge in [0, 0.05) is 42.7 Å². The van der Waals surface area contributed by atoms with E-state index in [1.165, 1.54) is 23.5 Å². The number of nitro groups is 1. The molecule has 0 radical (unpaired) electrons. The van der Waals surface area contributed by atoms with Crippen LogP contribution < -0.4 is 5.73 Å². The van der Waals surface area contributed by atoms with Gasteiger partial charge in [-0.2, -0.15) is 0 Å². The van der Waals surface area contributed by atoms with E-state index in [2.05, 4.69) is 18.8 Å². The fraction of sp³-hybridized carbons (Fsp3) is 0.412. The second kappa shape index (κ2) is 8.17. The van der Waals surface area contributed by atoms with Crippen LogP contribution in [0.3, 0.4) is 0 Å². The molecule has 1 amide bonds. The number of hydrogen-bond donors (Lipinski definition) is 1. The van der Waals surface area contributed by atoms with Crippen LogP contribution in [-0.4, -0.2) is 40.3 Å². The average Bonchev–Trinajstić information content (AvgIpc) is 3.08. The van der Waals surface area contributed by atoms with Gasteiger partial charge < -0.3 is 10.6 Å². The first-order chi connectivity index (χ1) is 11.8. The van der Waals surface area contributed by atoms with Crippen LogP contribution in [0.4, 0.5) is 5.69 Å². The van der Waals surface area contributed by atoms with E-state index < -0.39 is 4.92 Å². The monoisotopic (exact) mass is 362 g/mol. The Labute approximate surface area is 150 Å². The molecule has 0 aliphatic heterocycles. The predicted octanol–water partition coefficient (Wildman–Crippen LogP) is 3.16. The second-order valence-electron chi connectivity index (χ2n) is 6.27. The second-order valence-corrected chi connectivity index (χ2v) is 7.13. The van der Waals surface area contributed by atoms with Gasteiger partial charge in [0.2, 0.25) is 0 Å². The Bertz CT molecular complexity index is 760. The fourth-order valence-electron chi connectivity index (χ4n) is 2.23. The molecule has 0 spiro atoms. The van der Waals surface area contributed by atoms with Gasteiger partial charge in [0.15, 0.2) is 0 Å². The maximum absolute atomic E-state index is 12.5. The summed E-state index contributed by atoms with van der Waals surface area (Å²) in [7, 11) is 1.72. The van der Waals surface area contributed by atoms with E-state index in [-0.39, 0.29) is 17.6 Å². The minimum atomic E-state index is -0.449. The molecule has 0 aliphatic rings. The Balaban J connectivity index is 2.08. The summed E-state index contributed by atoms with van der Waals surface area (Å²) in [6.45, 7) is 4.67. The zero-order valence-electron chi connectivity index (χ0n) is 14.5. The van der Waals surface area contributed by atoms with Crippen molar-refractivity contribution in [3.63, 3.8) is 0 Å². The molecule has 0 saturated heterocycles. The molecule has 1 aromatic carbocycles. The summed E-state index contributed by atoms with van der Waals surface area (Å²) in [5.41, 5.74) is 6.98. The number of nitrogens with two attached hydrogens (primary N) is 1. The van der Waals surface area contributed by atoms with E-state index in [0.717, 1.165) is 6.42 Å². The molecule has 0 fully saturated rings. The predicted molar refractivity (Wildman–Crippen MR) is 98.6 cm³/mol. The van der Waals surface area contributed by atoms with Crippen molar-refractivity contribution in [2.45, 2.75) is 26.3 Å². The Morgan fingerprint density at radius 3 is 2.80 bits per heavy atom. The first kappa shape index (κ1) is 19.0. The molecule has 2 rings (SSSR count). The number of carbonyl (C=O) groups excluding carboxylic acids is 1. The van der Waals surface area contributed by atoms with Crippen LogP contribution in [0.15, 0.2) is 29.6 Å². The smallest absolute Gasteiger partial charge is 0.273 e. The molecule has 2 aromatic rings. The van der Waals surface area contributed by atoms with Gasteiger partial charge in [-0.1, -0.05) is 26.0 Å². The molecule has 1 atom stereocenters. The van der Waals surface area contributed by atoms with Crippen molar-refractivity contribution in [3.8, 4) is 10.6 Å². The standard InChI is InChI=1S/C17H22N4O3S/c1-11(2)14(18)7-8-20(3)17(22)15-10-25-16(19-15)12-5-4-6-13(9-12)21(23)24/h4-6,9-11,14H,7-8,18H2,1-3H3. The maximum Gasteiger partial charge on any atom is 0.273 e. The van der Waals surface area contributed by atoms with Crippen molar-refractivity contribution in [2.24, 2.45) is 11.7 Å². The SMILES string of the molecule is CC(C)C(N)CCN(C)C(=O)c1csc(-c2cccc([N+](=O)[O-])c2)n1. The number of benzene rings is 1. The van der Waals surface area contributed by atoms with E-state index in [0.29, 0.717) is 28.7 Å². The molecule has 2 N–H and O–H groups in total. The van der Waals surface area contributed by atoms with Crippen LogP contribution >= 0.6 is 11.3 Å². The number of nitrogens with zero attached hydrogens (tertiary/aromatic N) is 3. The summed E-state index contributed by atoms with van der Waals surface area (Å²) < 4.78 is 0. The molecular weight excluding hydrogens is 340 g/mol. The number of hydrogen-bond acceptors (Lipinski definition) is 6. The number of nitro benzene ring substituents is 1. The highest BCUT2D eigenvalue weighted by molar-refractivity contribution is 7.13. The zero-order valence-corrected chi connectivity index (χ0v) is 15.3. The molecule has 1 heterocycles. The molecular formula is C17H22N4O3S. The van der Waals surface area contributed by atoms with Gasteiger partial charge in [-0.15, -0.1) is 11.3 Å². The third-order valence-corrected chi connectivity index (χ3v) is 4.92. The van der Waals surface area contributed by atoms with Crippen molar-refractivity contribution in [2.75, 3.05) is 13.6 Å². The molecule has 1 aromatic heterocycles. The van der Waals surface area contributed by atoms with Crippen molar-refractivity contribution in [1.82, 2.24) is 9.88 Å². The van der Waals surface area contributed by atoms with E-state index in [1.807, 2.05) is 0 Å². The zero-order chi connectivity index (χ0) is 18.6. The minimum absolute atomic E-state index is 0.000340. The highest BCUT2D eigenvalue weighted by atomic mass is 32.1. The van der Waals surface area contributed by atoms with Gasteiger partial charge in [-0.05, 0) is 12.3 Å². The fourth-order valence-corrected chi connectivity index (χ4v) is 3.02. The maximum atomic E-state index is 12.5. The number of rotatable bonds is 7. The van der Waals surface area contributed by atoms with Crippen molar-refractivity contribution in [1.29, 1.82) is 0 Å². The molecule has 0 saturated carbocycles. The lowest BCUT2D eigenvalue weighted by Gasteiger charge is -2.20. The largest absolute Gasteiger partial charge is 0.340 e. The summed E-state index contributed by atoms with van der Waals surface area (Å²) in [6, 6.07) is 6.28. The molecule has 1 unspecified atom stereocenters. The van der Waals surface area contributed by atoms with Crippen LogP contribution in [0.5, 0.6) is 0 Å². The molecule has 8 heteroatoms. The highest BCUT2D eigenvalue weighted by Crippen LogP contribution is 2.27. The van der Waals surface area contributed by atoms with Gasteiger partial charge in [0.1, 0.15) is 10.7 Å². The lowest BCUT2D eigenvalue weighted by molar-refractivity contribution is -0.384. The lowest BCUT2D eigenvalue weighted by atomic mass is 10.0. The number of carbonyl (C=O) groups is 1. The summed E-state index contributed by atoms with van der Waals surface area (Å²) in [4.78, 5) is 28.8. The lowest BCUT2D eigenvalue weighted by Crippen LogP contribution is -2.34.